The summed E-state index contributed by atoms with van der Waals surface area (Å²) in [4.78, 5) is 3.79. The van der Waals surface area contributed by atoms with Gasteiger partial charge in [-0.15, -0.1) is 0 Å². The van der Waals surface area contributed by atoms with E-state index in [1.54, 1.807) is 32.0 Å². The SMILES string of the molecule is CCNc1nc(Oc2ccc(Cl)c(C)c2)c(F)cc1F. The Bertz CT molecular complexity index is 635. The van der Waals surface area contributed by atoms with E-state index < -0.39 is 11.6 Å². The molecule has 0 radical (unpaired) electrons. The first-order chi connectivity index (χ1) is 9.51. The summed E-state index contributed by atoms with van der Waals surface area (Å²) in [6.07, 6.45) is 0. The standard InChI is InChI=1S/C14H13ClF2N2O/c1-3-18-13-11(16)7-12(17)14(19-13)20-9-4-5-10(15)8(2)6-9/h4-7H,3H2,1-2H3,(H,18,19). The molecule has 1 N–H and O–H groups in total. The van der Waals surface area contributed by atoms with Crippen LogP contribution < -0.4 is 10.1 Å². The maximum atomic E-state index is 13.7. The number of aromatic nitrogens is 1. The van der Waals surface area contributed by atoms with Gasteiger partial charge in [-0.3, -0.25) is 0 Å². The van der Waals surface area contributed by atoms with Crippen LogP contribution in [0.25, 0.3) is 0 Å². The molecule has 0 aliphatic carbocycles. The Morgan fingerprint density at radius 3 is 2.65 bits per heavy atom. The third kappa shape index (κ3) is 3.17. The van der Waals surface area contributed by atoms with Crippen molar-refractivity contribution >= 4 is 17.4 Å². The van der Waals surface area contributed by atoms with Gasteiger partial charge in [-0.05, 0) is 37.6 Å². The van der Waals surface area contributed by atoms with Gasteiger partial charge < -0.3 is 10.1 Å². The molecule has 0 atom stereocenters. The molecular formula is C14H13ClF2N2O. The van der Waals surface area contributed by atoms with Crippen LogP contribution in [-0.4, -0.2) is 11.5 Å². The van der Waals surface area contributed by atoms with Crippen molar-refractivity contribution in [2.45, 2.75) is 13.8 Å². The number of nitrogens with one attached hydrogen (secondary N) is 1. The number of hydrogen-bond donors (Lipinski definition) is 1. The highest BCUT2D eigenvalue weighted by atomic mass is 35.5. The van der Waals surface area contributed by atoms with E-state index in [1.807, 2.05) is 0 Å². The second-order valence-electron chi connectivity index (χ2n) is 4.15. The van der Waals surface area contributed by atoms with Crippen molar-refractivity contribution in [1.29, 1.82) is 0 Å². The minimum absolute atomic E-state index is 0.0467. The fourth-order valence-electron chi connectivity index (χ4n) is 1.60. The molecule has 3 nitrogen and oxygen atoms in total. The first-order valence-electron chi connectivity index (χ1n) is 6.05. The van der Waals surface area contributed by atoms with Gasteiger partial charge >= 0.3 is 0 Å². The number of halogens is 3. The van der Waals surface area contributed by atoms with E-state index in [2.05, 4.69) is 10.3 Å². The van der Waals surface area contributed by atoms with E-state index in [0.29, 0.717) is 17.3 Å². The number of nitrogens with zero attached hydrogens (tertiary/aromatic N) is 1. The molecule has 6 heteroatoms. The third-order valence-corrected chi connectivity index (χ3v) is 3.01. The van der Waals surface area contributed by atoms with Crippen molar-refractivity contribution in [2.24, 2.45) is 0 Å². The second-order valence-corrected chi connectivity index (χ2v) is 4.56. The molecule has 1 aromatic carbocycles. The average molecular weight is 299 g/mol. The normalized spacial score (nSPS) is 10.4. The van der Waals surface area contributed by atoms with E-state index in [4.69, 9.17) is 16.3 Å². The summed E-state index contributed by atoms with van der Waals surface area (Å²) in [5.41, 5.74) is 0.790. The monoisotopic (exact) mass is 298 g/mol. The minimum Gasteiger partial charge on any atom is -0.436 e. The van der Waals surface area contributed by atoms with Crippen LogP contribution >= 0.6 is 11.6 Å². The van der Waals surface area contributed by atoms with E-state index in [-0.39, 0.29) is 11.7 Å². The van der Waals surface area contributed by atoms with E-state index >= 15 is 0 Å². The zero-order valence-corrected chi connectivity index (χ0v) is 11.8. The molecule has 1 heterocycles. The maximum absolute atomic E-state index is 13.7. The molecule has 0 aliphatic rings. The highest BCUT2D eigenvalue weighted by Crippen LogP contribution is 2.28. The Morgan fingerprint density at radius 1 is 1.25 bits per heavy atom. The summed E-state index contributed by atoms with van der Waals surface area (Å²) in [5, 5.41) is 3.28. The van der Waals surface area contributed by atoms with Gasteiger partial charge in [-0.2, -0.15) is 4.98 Å². The van der Waals surface area contributed by atoms with Crippen LogP contribution in [0, 0.1) is 18.6 Å². The fourth-order valence-corrected chi connectivity index (χ4v) is 1.72. The number of ether oxygens (including phenoxy) is 1. The van der Waals surface area contributed by atoms with Gasteiger partial charge in [0, 0.05) is 17.6 Å². The van der Waals surface area contributed by atoms with Crippen molar-refractivity contribution in [3.8, 4) is 11.6 Å². The summed E-state index contributed by atoms with van der Waals surface area (Å²) in [6.45, 7) is 4.05. The molecule has 0 saturated heterocycles. The van der Waals surface area contributed by atoms with Crippen LogP contribution in [0.4, 0.5) is 14.6 Å². The number of rotatable bonds is 4. The van der Waals surface area contributed by atoms with Crippen LogP contribution in [0.3, 0.4) is 0 Å². The Hall–Kier alpha value is -1.88. The number of hydrogen-bond acceptors (Lipinski definition) is 3. The predicted octanol–water partition coefficient (Wildman–Crippen LogP) is 4.55. The van der Waals surface area contributed by atoms with Crippen LogP contribution in [0.5, 0.6) is 11.6 Å². The van der Waals surface area contributed by atoms with Crippen molar-refractivity contribution in [1.82, 2.24) is 4.98 Å². The van der Waals surface area contributed by atoms with Gasteiger partial charge in [0.2, 0.25) is 0 Å². The molecule has 1 aromatic heterocycles. The topological polar surface area (TPSA) is 34.2 Å². The van der Waals surface area contributed by atoms with Crippen molar-refractivity contribution in [3.63, 3.8) is 0 Å². The number of benzene rings is 1. The molecule has 0 bridgehead atoms. The molecular weight excluding hydrogens is 286 g/mol. The maximum Gasteiger partial charge on any atom is 0.258 e. The predicted molar refractivity (Wildman–Crippen MR) is 74.6 cm³/mol. The van der Waals surface area contributed by atoms with Gasteiger partial charge in [0.1, 0.15) is 5.75 Å². The summed E-state index contributed by atoms with van der Waals surface area (Å²) in [6, 6.07) is 5.62. The quantitative estimate of drug-likeness (QED) is 0.899. The summed E-state index contributed by atoms with van der Waals surface area (Å²) in [7, 11) is 0. The molecule has 106 valence electrons. The number of anilines is 1. The van der Waals surface area contributed by atoms with Gasteiger partial charge in [0.15, 0.2) is 17.5 Å². The van der Waals surface area contributed by atoms with Gasteiger partial charge in [-0.25, -0.2) is 8.78 Å². The van der Waals surface area contributed by atoms with Crippen LogP contribution in [0.15, 0.2) is 24.3 Å². The Balaban J connectivity index is 2.32. The lowest BCUT2D eigenvalue weighted by molar-refractivity contribution is 0.418. The molecule has 2 rings (SSSR count). The zero-order chi connectivity index (χ0) is 14.7. The molecule has 0 unspecified atom stereocenters. The van der Waals surface area contributed by atoms with Crippen LogP contribution in [0.2, 0.25) is 5.02 Å². The smallest absolute Gasteiger partial charge is 0.258 e. The average Bonchev–Trinajstić information content (AvgIpc) is 2.39. The van der Waals surface area contributed by atoms with Gasteiger partial charge in [-0.1, -0.05) is 11.6 Å². The largest absolute Gasteiger partial charge is 0.436 e. The zero-order valence-electron chi connectivity index (χ0n) is 11.0. The Morgan fingerprint density at radius 2 is 2.00 bits per heavy atom. The van der Waals surface area contributed by atoms with Crippen molar-refractivity contribution in [2.75, 3.05) is 11.9 Å². The number of pyridine rings is 1. The fraction of sp³-hybridized carbons (Fsp3) is 0.214. The van der Waals surface area contributed by atoms with E-state index in [9.17, 15) is 8.78 Å². The molecule has 2 aromatic rings. The highest BCUT2D eigenvalue weighted by molar-refractivity contribution is 6.31. The molecule has 0 amide bonds. The first-order valence-corrected chi connectivity index (χ1v) is 6.43. The molecule has 0 aliphatic heterocycles. The van der Waals surface area contributed by atoms with Crippen LogP contribution in [0.1, 0.15) is 12.5 Å². The lowest BCUT2D eigenvalue weighted by Crippen LogP contribution is -2.04. The minimum atomic E-state index is -0.864. The van der Waals surface area contributed by atoms with Gasteiger partial charge in [0.05, 0.1) is 0 Å². The highest BCUT2D eigenvalue weighted by Gasteiger charge is 2.13. The van der Waals surface area contributed by atoms with Crippen molar-refractivity contribution < 1.29 is 13.5 Å². The molecule has 0 fully saturated rings. The Kier molecular flexibility index (Phi) is 4.39. The first kappa shape index (κ1) is 14.5. The summed E-state index contributed by atoms with van der Waals surface area (Å²) < 4.78 is 32.4. The lowest BCUT2D eigenvalue weighted by atomic mass is 10.2. The van der Waals surface area contributed by atoms with Crippen molar-refractivity contribution in [3.05, 3.63) is 46.5 Å². The summed E-state index contributed by atoms with van der Waals surface area (Å²) >= 11 is 5.90. The Labute approximate surface area is 120 Å². The lowest BCUT2D eigenvalue weighted by Gasteiger charge is -2.10. The molecule has 20 heavy (non-hydrogen) atoms. The third-order valence-electron chi connectivity index (χ3n) is 2.59. The van der Waals surface area contributed by atoms with E-state index in [1.165, 1.54) is 0 Å². The number of aryl methyl sites for hydroxylation is 1. The molecule has 0 spiro atoms. The summed E-state index contributed by atoms with van der Waals surface area (Å²) in [5.74, 6) is -1.58. The molecule has 0 saturated carbocycles. The van der Waals surface area contributed by atoms with Gasteiger partial charge in [0.25, 0.3) is 5.88 Å². The van der Waals surface area contributed by atoms with E-state index in [0.717, 1.165) is 11.6 Å². The second kappa shape index (κ2) is 6.05. The van der Waals surface area contributed by atoms with Crippen LogP contribution in [-0.2, 0) is 0 Å².